The van der Waals surface area contributed by atoms with Gasteiger partial charge >= 0.3 is 0 Å². The van der Waals surface area contributed by atoms with Crippen molar-refractivity contribution in [1.29, 1.82) is 0 Å². The van der Waals surface area contributed by atoms with Gasteiger partial charge in [-0.15, -0.1) is 0 Å². The molecule has 1 heteroatoms. The second-order valence-electron chi connectivity index (χ2n) is 5.65. The molecule has 2 aliphatic heterocycles. The molecule has 1 aliphatic carbocycles. The number of benzene rings is 1. The Morgan fingerprint density at radius 3 is 2.69 bits per heavy atom. The van der Waals surface area contributed by atoms with E-state index in [-0.39, 0.29) is 0 Å². The highest BCUT2D eigenvalue weighted by molar-refractivity contribution is 5.27. The number of nitrogens with zero attached hydrogens (tertiary/aromatic N) is 1. The third kappa shape index (κ3) is 1.58. The quantitative estimate of drug-likeness (QED) is 0.695. The molecule has 2 saturated heterocycles. The topological polar surface area (TPSA) is 3.24 Å². The van der Waals surface area contributed by atoms with E-state index in [0.29, 0.717) is 5.41 Å². The fourth-order valence-electron chi connectivity index (χ4n) is 3.77. The van der Waals surface area contributed by atoms with Gasteiger partial charge in [-0.1, -0.05) is 36.8 Å². The smallest absolute Gasteiger partial charge is 0.00929 e. The van der Waals surface area contributed by atoms with E-state index in [9.17, 15) is 0 Å². The molecule has 86 valence electrons. The summed E-state index contributed by atoms with van der Waals surface area (Å²) in [4.78, 5) is 2.60. The van der Waals surface area contributed by atoms with Crippen LogP contribution in [0.15, 0.2) is 30.3 Å². The summed E-state index contributed by atoms with van der Waals surface area (Å²) in [5, 5.41) is 0. The fraction of sp³-hybridized carbons (Fsp3) is 0.600. The highest BCUT2D eigenvalue weighted by atomic mass is 15.1. The van der Waals surface area contributed by atoms with E-state index in [1.165, 1.54) is 38.6 Å². The Hall–Kier alpha value is -0.820. The molecule has 2 bridgehead atoms. The summed E-state index contributed by atoms with van der Waals surface area (Å²) >= 11 is 0. The summed E-state index contributed by atoms with van der Waals surface area (Å²) in [6, 6.07) is 12.0. The molecule has 0 spiro atoms. The third-order valence-corrected chi connectivity index (χ3v) is 4.71. The maximum absolute atomic E-state index is 2.60. The minimum absolute atomic E-state index is 0.461. The molecule has 2 unspecified atom stereocenters. The number of piperidine rings is 1. The van der Waals surface area contributed by atoms with Gasteiger partial charge in [0.05, 0.1) is 0 Å². The van der Waals surface area contributed by atoms with Gasteiger partial charge in [0.2, 0.25) is 0 Å². The maximum atomic E-state index is 2.60. The van der Waals surface area contributed by atoms with Crippen LogP contribution >= 0.6 is 0 Å². The van der Waals surface area contributed by atoms with Crippen molar-refractivity contribution in [2.24, 2.45) is 0 Å². The van der Waals surface area contributed by atoms with E-state index in [1.807, 2.05) is 0 Å². The Bertz CT molecular complexity index is 355. The molecule has 0 amide bonds. The monoisotopic (exact) mass is 215 g/mol. The number of hydrogen-bond donors (Lipinski definition) is 0. The lowest BCUT2D eigenvalue weighted by molar-refractivity contribution is 0.133. The summed E-state index contributed by atoms with van der Waals surface area (Å²) in [7, 11) is 2.31. The molecule has 3 fully saturated rings. The lowest BCUT2D eigenvalue weighted by Gasteiger charge is -2.43. The summed E-state index contributed by atoms with van der Waals surface area (Å²) in [5.41, 5.74) is 2.03. The highest BCUT2D eigenvalue weighted by Crippen LogP contribution is 2.43. The van der Waals surface area contributed by atoms with Crippen LogP contribution in [0.5, 0.6) is 0 Å². The predicted molar refractivity (Wildman–Crippen MR) is 67.6 cm³/mol. The van der Waals surface area contributed by atoms with Crippen molar-refractivity contribution in [3.8, 4) is 0 Å². The van der Waals surface area contributed by atoms with Gasteiger partial charge in [0.15, 0.2) is 0 Å². The van der Waals surface area contributed by atoms with Crippen LogP contribution in [-0.4, -0.2) is 24.5 Å². The van der Waals surface area contributed by atoms with Gasteiger partial charge in [0.25, 0.3) is 0 Å². The van der Waals surface area contributed by atoms with E-state index in [1.54, 1.807) is 5.56 Å². The van der Waals surface area contributed by atoms with E-state index in [0.717, 1.165) is 6.04 Å². The van der Waals surface area contributed by atoms with Crippen LogP contribution in [0.1, 0.15) is 37.7 Å². The summed E-state index contributed by atoms with van der Waals surface area (Å²) in [6.45, 7) is 1.27. The lowest BCUT2D eigenvalue weighted by atomic mass is 9.72. The molecule has 1 aromatic carbocycles. The van der Waals surface area contributed by atoms with Crippen LogP contribution in [0.25, 0.3) is 0 Å². The van der Waals surface area contributed by atoms with Crippen molar-refractivity contribution < 1.29 is 0 Å². The molecule has 1 saturated carbocycles. The molecule has 1 nitrogen and oxygen atoms in total. The second-order valence-corrected chi connectivity index (χ2v) is 5.65. The molecule has 16 heavy (non-hydrogen) atoms. The van der Waals surface area contributed by atoms with Crippen LogP contribution in [0.3, 0.4) is 0 Å². The molecular formula is C15H21N. The van der Waals surface area contributed by atoms with Crippen LogP contribution in [0.4, 0.5) is 0 Å². The van der Waals surface area contributed by atoms with Gasteiger partial charge in [-0.25, -0.2) is 0 Å². The average molecular weight is 215 g/mol. The zero-order valence-corrected chi connectivity index (χ0v) is 10.2. The Labute approximate surface area is 98.5 Å². The number of likely N-dealkylation sites (N-methyl/N-ethyl adjacent to an activating group) is 1. The van der Waals surface area contributed by atoms with Crippen molar-refractivity contribution in [1.82, 2.24) is 4.90 Å². The molecule has 3 aliphatic rings. The van der Waals surface area contributed by atoms with Crippen molar-refractivity contribution >= 4 is 0 Å². The van der Waals surface area contributed by atoms with Gasteiger partial charge in [-0.3, -0.25) is 0 Å². The molecule has 0 aromatic heterocycles. The first-order chi connectivity index (χ1) is 7.80. The second kappa shape index (κ2) is 3.89. The minimum Gasteiger partial charge on any atom is -0.303 e. The predicted octanol–water partition coefficient (Wildman–Crippen LogP) is 3.20. The third-order valence-electron chi connectivity index (χ3n) is 4.71. The van der Waals surface area contributed by atoms with Gasteiger partial charge in [-0.05, 0) is 38.3 Å². The molecule has 2 heterocycles. The first-order valence-corrected chi connectivity index (χ1v) is 6.56. The fourth-order valence-corrected chi connectivity index (χ4v) is 3.77. The van der Waals surface area contributed by atoms with E-state index in [2.05, 4.69) is 42.3 Å². The van der Waals surface area contributed by atoms with Crippen molar-refractivity contribution in [2.45, 2.75) is 43.6 Å². The Balaban J connectivity index is 1.97. The van der Waals surface area contributed by atoms with Crippen molar-refractivity contribution in [2.75, 3.05) is 13.6 Å². The van der Waals surface area contributed by atoms with Crippen molar-refractivity contribution in [3.05, 3.63) is 35.9 Å². The molecule has 4 rings (SSSR count). The molecular weight excluding hydrogens is 194 g/mol. The first-order valence-electron chi connectivity index (χ1n) is 6.56. The number of hydrogen-bond acceptors (Lipinski definition) is 1. The first kappa shape index (κ1) is 10.3. The minimum atomic E-state index is 0.461. The standard InChI is InChI=1S/C15H21N/c1-16-12-15(13-6-3-2-4-7-13)10-5-8-14(16)9-11-15/h2-4,6-7,14H,5,8-12H2,1H3. The van der Waals surface area contributed by atoms with Gasteiger partial charge in [0, 0.05) is 18.0 Å². The lowest BCUT2D eigenvalue weighted by Crippen LogP contribution is -2.46. The molecule has 0 radical (unpaired) electrons. The molecule has 1 aromatic rings. The molecule has 0 N–H and O–H groups in total. The normalized spacial score (nSPS) is 34.9. The summed E-state index contributed by atoms with van der Waals surface area (Å²) < 4.78 is 0. The largest absolute Gasteiger partial charge is 0.303 e. The van der Waals surface area contributed by atoms with E-state index in [4.69, 9.17) is 0 Å². The zero-order chi connectivity index (χ0) is 11.0. The van der Waals surface area contributed by atoms with Gasteiger partial charge < -0.3 is 4.90 Å². The van der Waals surface area contributed by atoms with E-state index >= 15 is 0 Å². The highest BCUT2D eigenvalue weighted by Gasteiger charge is 2.41. The number of rotatable bonds is 1. The maximum Gasteiger partial charge on any atom is 0.00929 e. The number of fused-ring (bicyclic) bond motifs is 4. The van der Waals surface area contributed by atoms with Crippen LogP contribution in [0.2, 0.25) is 0 Å². The van der Waals surface area contributed by atoms with Crippen molar-refractivity contribution in [3.63, 3.8) is 0 Å². The Morgan fingerprint density at radius 1 is 1.12 bits per heavy atom. The zero-order valence-electron chi connectivity index (χ0n) is 10.2. The van der Waals surface area contributed by atoms with E-state index < -0.39 is 0 Å². The van der Waals surface area contributed by atoms with Gasteiger partial charge in [-0.2, -0.15) is 0 Å². The average Bonchev–Trinajstić information content (AvgIpc) is 2.62. The van der Waals surface area contributed by atoms with Crippen LogP contribution in [-0.2, 0) is 5.41 Å². The molecule has 2 atom stereocenters. The van der Waals surface area contributed by atoms with Crippen LogP contribution in [0, 0.1) is 0 Å². The Morgan fingerprint density at radius 2 is 1.94 bits per heavy atom. The van der Waals surface area contributed by atoms with Crippen LogP contribution < -0.4 is 0 Å². The SMILES string of the molecule is CN1CC2(c3ccccc3)CCCC1CC2. The Kier molecular flexibility index (Phi) is 2.51. The van der Waals surface area contributed by atoms with Gasteiger partial charge in [0.1, 0.15) is 0 Å². The summed E-state index contributed by atoms with van der Waals surface area (Å²) in [5.74, 6) is 0. The summed E-state index contributed by atoms with van der Waals surface area (Å²) in [6.07, 6.45) is 6.99.